The highest BCUT2D eigenvalue weighted by Gasteiger charge is 2.11. The molecule has 0 fully saturated rings. The molecule has 1 aromatic carbocycles. The molecule has 0 atom stereocenters. The molecule has 0 spiro atoms. The Bertz CT molecular complexity index is 587. The van der Waals surface area contributed by atoms with E-state index in [4.69, 9.17) is 5.26 Å². The van der Waals surface area contributed by atoms with Crippen molar-refractivity contribution in [3.63, 3.8) is 0 Å². The number of benzene rings is 1. The van der Waals surface area contributed by atoms with E-state index in [1.807, 2.05) is 0 Å². The lowest BCUT2D eigenvalue weighted by Gasteiger charge is -1.99. The maximum atomic E-state index is 13.3. The van der Waals surface area contributed by atoms with Crippen LogP contribution in [0.15, 0.2) is 27.6 Å². The monoisotopic (exact) mass is 303 g/mol. The van der Waals surface area contributed by atoms with E-state index in [0.717, 1.165) is 12.3 Å². The van der Waals surface area contributed by atoms with Gasteiger partial charge < -0.3 is 0 Å². The van der Waals surface area contributed by atoms with Crippen molar-refractivity contribution in [3.05, 3.63) is 39.0 Å². The van der Waals surface area contributed by atoms with Crippen LogP contribution in [0, 0.1) is 17.1 Å². The smallest absolute Gasteiger partial charge is 0.185 e. The van der Waals surface area contributed by atoms with E-state index in [9.17, 15) is 12.8 Å². The molecular weight excluding hydrogens is 297 g/mol. The van der Waals surface area contributed by atoms with Gasteiger partial charge in [-0.25, -0.2) is 12.8 Å². The highest BCUT2D eigenvalue weighted by atomic mass is 79.9. The molecule has 0 radical (unpaired) electrons. The fourth-order valence-corrected chi connectivity index (χ4v) is 1.87. The fraction of sp³-hybridized carbons (Fsp3) is 0.100. The molecule has 0 aliphatic heterocycles. The van der Waals surface area contributed by atoms with Gasteiger partial charge in [0.15, 0.2) is 9.84 Å². The average Bonchev–Trinajstić information content (AvgIpc) is 2.17. The molecule has 1 aromatic rings. The van der Waals surface area contributed by atoms with Gasteiger partial charge in [0.1, 0.15) is 16.8 Å². The lowest BCUT2D eigenvalue weighted by Crippen LogP contribution is -1.98. The molecule has 0 saturated heterocycles. The van der Waals surface area contributed by atoms with E-state index in [1.54, 1.807) is 0 Å². The summed E-state index contributed by atoms with van der Waals surface area (Å²) in [6, 6.07) is 5.60. The Morgan fingerprint density at radius 2 is 2.19 bits per heavy atom. The Balaban J connectivity index is 3.37. The highest BCUT2D eigenvalue weighted by Crippen LogP contribution is 2.19. The lowest BCUT2D eigenvalue weighted by atomic mass is 10.2. The first kappa shape index (κ1) is 12.9. The number of allylic oxidation sites excluding steroid dienone is 1. The second-order valence-electron chi connectivity index (χ2n) is 3.06. The maximum Gasteiger partial charge on any atom is 0.185 e. The van der Waals surface area contributed by atoms with Gasteiger partial charge in [-0.2, -0.15) is 5.26 Å². The van der Waals surface area contributed by atoms with Gasteiger partial charge in [-0.1, -0.05) is 15.9 Å². The van der Waals surface area contributed by atoms with Crippen LogP contribution in [0.4, 0.5) is 4.39 Å². The lowest BCUT2D eigenvalue weighted by molar-refractivity contribution is 0.609. The maximum absolute atomic E-state index is 13.3. The zero-order valence-corrected chi connectivity index (χ0v) is 10.6. The summed E-state index contributed by atoms with van der Waals surface area (Å²) in [6.45, 7) is 0. The standard InChI is InChI=1S/C10H7BrFNO2S/c1-16(14,15)9(6-13)5-7-4-8(11)2-3-10(7)12/h2-5H,1H3. The number of halogens is 2. The minimum absolute atomic E-state index is 0.0522. The van der Waals surface area contributed by atoms with Gasteiger partial charge in [0.05, 0.1) is 0 Å². The first-order chi connectivity index (χ1) is 7.34. The Morgan fingerprint density at radius 1 is 1.56 bits per heavy atom. The SMILES string of the molecule is CS(=O)(=O)C(C#N)=Cc1cc(Br)ccc1F. The third kappa shape index (κ3) is 3.15. The molecular formula is C10H7BrFNO2S. The Morgan fingerprint density at radius 3 is 2.69 bits per heavy atom. The largest absolute Gasteiger partial charge is 0.223 e. The van der Waals surface area contributed by atoms with Crippen molar-refractivity contribution in [3.8, 4) is 6.07 Å². The molecule has 1 rings (SSSR count). The van der Waals surface area contributed by atoms with Gasteiger partial charge in [-0.15, -0.1) is 0 Å². The number of rotatable bonds is 2. The predicted octanol–water partition coefficient (Wildman–Crippen LogP) is 2.50. The molecule has 0 aliphatic rings. The van der Waals surface area contributed by atoms with Gasteiger partial charge in [0.2, 0.25) is 0 Å². The second kappa shape index (κ2) is 4.76. The zero-order chi connectivity index (χ0) is 12.3. The Labute approximate surface area is 101 Å². The Hall–Kier alpha value is -1.19. The van der Waals surface area contributed by atoms with Crippen LogP contribution in [0.3, 0.4) is 0 Å². The van der Waals surface area contributed by atoms with Gasteiger partial charge in [-0.05, 0) is 24.3 Å². The third-order valence-electron chi connectivity index (χ3n) is 1.75. The van der Waals surface area contributed by atoms with E-state index in [1.165, 1.54) is 24.3 Å². The summed E-state index contributed by atoms with van der Waals surface area (Å²) in [5.74, 6) is -0.584. The average molecular weight is 304 g/mol. The zero-order valence-electron chi connectivity index (χ0n) is 8.24. The molecule has 0 aliphatic carbocycles. The highest BCUT2D eigenvalue weighted by molar-refractivity contribution is 9.10. The van der Waals surface area contributed by atoms with Gasteiger partial charge in [-0.3, -0.25) is 0 Å². The second-order valence-corrected chi connectivity index (χ2v) is 5.96. The summed E-state index contributed by atoms with van der Waals surface area (Å²) in [4.78, 5) is -0.468. The number of hydrogen-bond donors (Lipinski definition) is 0. The molecule has 6 heteroatoms. The number of sulfone groups is 1. The van der Waals surface area contributed by atoms with Crippen molar-refractivity contribution in [1.29, 1.82) is 5.26 Å². The van der Waals surface area contributed by atoms with Crippen LogP contribution >= 0.6 is 15.9 Å². The van der Waals surface area contributed by atoms with Crippen LogP contribution in [0.25, 0.3) is 6.08 Å². The van der Waals surface area contributed by atoms with Crippen LogP contribution in [0.5, 0.6) is 0 Å². The minimum atomic E-state index is -3.62. The molecule has 3 nitrogen and oxygen atoms in total. The Kier molecular flexibility index (Phi) is 3.83. The van der Waals surface area contributed by atoms with E-state index >= 15 is 0 Å². The van der Waals surface area contributed by atoms with Crippen molar-refractivity contribution < 1.29 is 12.8 Å². The van der Waals surface area contributed by atoms with Crippen LogP contribution in [0.1, 0.15) is 5.56 Å². The van der Waals surface area contributed by atoms with Crippen LogP contribution in [-0.4, -0.2) is 14.7 Å². The van der Waals surface area contributed by atoms with Gasteiger partial charge >= 0.3 is 0 Å². The quantitative estimate of drug-likeness (QED) is 0.789. The minimum Gasteiger partial charge on any atom is -0.223 e. The van der Waals surface area contributed by atoms with E-state index in [-0.39, 0.29) is 5.56 Å². The van der Waals surface area contributed by atoms with Crippen molar-refractivity contribution in [2.45, 2.75) is 0 Å². The molecule has 0 bridgehead atoms. The van der Waals surface area contributed by atoms with Crippen molar-refractivity contribution in [1.82, 2.24) is 0 Å². The first-order valence-electron chi connectivity index (χ1n) is 4.11. The number of nitrogens with zero attached hydrogens (tertiary/aromatic N) is 1. The molecule has 0 aromatic heterocycles. The summed E-state index contributed by atoms with van der Waals surface area (Å²) in [5.41, 5.74) is 0.0522. The number of nitriles is 1. The van der Waals surface area contributed by atoms with E-state index in [2.05, 4.69) is 15.9 Å². The summed E-state index contributed by atoms with van der Waals surface area (Å²) < 4.78 is 36.2. The molecule has 0 heterocycles. The molecule has 0 amide bonds. The third-order valence-corrected chi connectivity index (χ3v) is 3.26. The summed E-state index contributed by atoms with van der Waals surface area (Å²) in [7, 11) is -3.62. The van der Waals surface area contributed by atoms with Crippen molar-refractivity contribution in [2.75, 3.05) is 6.26 Å². The molecule has 16 heavy (non-hydrogen) atoms. The fourth-order valence-electron chi connectivity index (χ4n) is 0.989. The normalized spacial score (nSPS) is 12.2. The van der Waals surface area contributed by atoms with Gasteiger partial charge in [0.25, 0.3) is 0 Å². The van der Waals surface area contributed by atoms with E-state index in [0.29, 0.717) is 4.47 Å². The predicted molar refractivity (Wildman–Crippen MR) is 62.5 cm³/mol. The molecule has 0 N–H and O–H groups in total. The van der Waals surface area contributed by atoms with Crippen LogP contribution in [0.2, 0.25) is 0 Å². The van der Waals surface area contributed by atoms with Crippen LogP contribution in [-0.2, 0) is 9.84 Å². The van der Waals surface area contributed by atoms with Crippen LogP contribution < -0.4 is 0 Å². The molecule has 0 saturated carbocycles. The molecule has 84 valence electrons. The summed E-state index contributed by atoms with van der Waals surface area (Å²) >= 11 is 3.13. The topological polar surface area (TPSA) is 57.9 Å². The van der Waals surface area contributed by atoms with E-state index < -0.39 is 20.6 Å². The number of hydrogen-bond acceptors (Lipinski definition) is 3. The molecule has 0 unspecified atom stereocenters. The summed E-state index contributed by atoms with van der Waals surface area (Å²) in [6.07, 6.45) is 1.91. The van der Waals surface area contributed by atoms with Crippen molar-refractivity contribution >= 4 is 31.8 Å². The summed E-state index contributed by atoms with van der Waals surface area (Å²) in [5, 5.41) is 8.65. The van der Waals surface area contributed by atoms with Gasteiger partial charge in [0, 0.05) is 16.3 Å². The first-order valence-corrected chi connectivity index (χ1v) is 6.80. The van der Waals surface area contributed by atoms with Crippen molar-refractivity contribution in [2.24, 2.45) is 0 Å².